The van der Waals surface area contributed by atoms with Crippen molar-refractivity contribution in [2.24, 2.45) is 11.5 Å². The van der Waals surface area contributed by atoms with Crippen molar-refractivity contribution >= 4 is 5.97 Å². The summed E-state index contributed by atoms with van der Waals surface area (Å²) in [6.07, 6.45) is -0.332. The maximum atomic E-state index is 13.2. The second kappa shape index (κ2) is 4.91. The first-order valence-corrected chi connectivity index (χ1v) is 4.64. The third-order valence-electron chi connectivity index (χ3n) is 2.16. The molecule has 0 aliphatic carbocycles. The van der Waals surface area contributed by atoms with E-state index in [9.17, 15) is 14.3 Å². The minimum atomic E-state index is -1.09. The number of benzene rings is 1. The van der Waals surface area contributed by atoms with Crippen molar-refractivity contribution in [2.45, 2.75) is 12.5 Å². The van der Waals surface area contributed by atoms with Gasteiger partial charge in [0.25, 0.3) is 0 Å². The summed E-state index contributed by atoms with van der Waals surface area (Å²) in [6.45, 7) is 0.0313. The van der Waals surface area contributed by atoms with E-state index in [1.165, 1.54) is 6.07 Å². The number of rotatable bonds is 4. The Balaban J connectivity index is 3.16. The van der Waals surface area contributed by atoms with Crippen molar-refractivity contribution in [2.75, 3.05) is 6.54 Å². The average molecular weight is 228 g/mol. The largest absolute Gasteiger partial charge is 0.505 e. The molecule has 0 saturated heterocycles. The number of carboxylic acid groups (broad SMARTS) is 1. The van der Waals surface area contributed by atoms with E-state index in [-0.39, 0.29) is 24.1 Å². The lowest BCUT2D eigenvalue weighted by Gasteiger charge is -2.13. The van der Waals surface area contributed by atoms with E-state index in [1.807, 2.05) is 0 Å². The topological polar surface area (TPSA) is 110 Å². The van der Waals surface area contributed by atoms with Crippen LogP contribution in [0.15, 0.2) is 12.1 Å². The van der Waals surface area contributed by atoms with Gasteiger partial charge in [-0.2, -0.15) is 0 Å². The van der Waals surface area contributed by atoms with E-state index in [1.54, 1.807) is 0 Å². The minimum Gasteiger partial charge on any atom is -0.505 e. The van der Waals surface area contributed by atoms with E-state index < -0.39 is 23.6 Å². The molecule has 0 radical (unpaired) electrons. The van der Waals surface area contributed by atoms with Gasteiger partial charge in [-0.3, -0.25) is 4.79 Å². The van der Waals surface area contributed by atoms with E-state index in [4.69, 9.17) is 16.6 Å². The standard InChI is InChI=1S/C10H13FN2O3/c11-7-2-5(3-9(14)15)1-6(10(7)16)8(13)4-12/h1-2,8,16H,3-4,12-13H2,(H,14,15)/t8-/m1/s1. The van der Waals surface area contributed by atoms with Crippen LogP contribution in [0.25, 0.3) is 0 Å². The first-order chi connectivity index (χ1) is 7.45. The number of phenolic OH excluding ortho intramolecular Hbond substituents is 1. The molecule has 0 unspecified atom stereocenters. The fraction of sp³-hybridized carbons (Fsp3) is 0.300. The predicted octanol–water partition coefficient (Wildman–Crippen LogP) is 0.117. The van der Waals surface area contributed by atoms with Gasteiger partial charge in [-0.05, 0) is 17.7 Å². The van der Waals surface area contributed by atoms with Crippen LogP contribution in [0.1, 0.15) is 17.2 Å². The highest BCUT2D eigenvalue weighted by Gasteiger charge is 2.15. The predicted molar refractivity (Wildman–Crippen MR) is 55.4 cm³/mol. The molecule has 0 amide bonds. The third kappa shape index (κ3) is 2.68. The van der Waals surface area contributed by atoms with Crippen molar-refractivity contribution in [1.29, 1.82) is 0 Å². The maximum Gasteiger partial charge on any atom is 0.307 e. The molecular formula is C10H13FN2O3. The summed E-state index contributed by atoms with van der Waals surface area (Å²) in [6, 6.07) is 1.60. The Kier molecular flexibility index (Phi) is 3.81. The van der Waals surface area contributed by atoms with Gasteiger partial charge in [-0.1, -0.05) is 0 Å². The highest BCUT2D eigenvalue weighted by molar-refractivity contribution is 5.70. The Morgan fingerprint density at radius 1 is 1.50 bits per heavy atom. The van der Waals surface area contributed by atoms with Crippen LogP contribution in [0.3, 0.4) is 0 Å². The van der Waals surface area contributed by atoms with Gasteiger partial charge in [-0.15, -0.1) is 0 Å². The molecule has 0 fully saturated rings. The molecule has 16 heavy (non-hydrogen) atoms. The van der Waals surface area contributed by atoms with Crippen molar-refractivity contribution < 1.29 is 19.4 Å². The minimum absolute atomic E-state index is 0.0313. The Bertz CT molecular complexity index is 409. The van der Waals surface area contributed by atoms with Gasteiger partial charge in [0, 0.05) is 18.2 Å². The highest BCUT2D eigenvalue weighted by atomic mass is 19.1. The zero-order valence-corrected chi connectivity index (χ0v) is 8.48. The number of aromatic hydroxyl groups is 1. The van der Waals surface area contributed by atoms with Gasteiger partial charge >= 0.3 is 5.97 Å². The van der Waals surface area contributed by atoms with Gasteiger partial charge in [0.2, 0.25) is 0 Å². The average Bonchev–Trinajstić information content (AvgIpc) is 2.21. The molecule has 1 atom stereocenters. The molecule has 5 nitrogen and oxygen atoms in total. The molecule has 0 aliphatic heterocycles. The van der Waals surface area contributed by atoms with Crippen molar-refractivity contribution in [3.8, 4) is 5.75 Å². The molecule has 6 N–H and O–H groups in total. The van der Waals surface area contributed by atoms with Crippen LogP contribution in [0, 0.1) is 5.82 Å². The van der Waals surface area contributed by atoms with Crippen molar-refractivity contribution in [3.05, 3.63) is 29.1 Å². The zero-order chi connectivity index (χ0) is 12.3. The quantitative estimate of drug-likeness (QED) is 0.585. The van der Waals surface area contributed by atoms with Crippen LogP contribution in [-0.2, 0) is 11.2 Å². The number of halogens is 1. The van der Waals surface area contributed by atoms with E-state index in [2.05, 4.69) is 0 Å². The van der Waals surface area contributed by atoms with Crippen molar-refractivity contribution in [3.63, 3.8) is 0 Å². The lowest BCUT2D eigenvalue weighted by atomic mass is 10.0. The summed E-state index contributed by atoms with van der Waals surface area (Å²) in [7, 11) is 0. The molecule has 0 aliphatic rings. The first-order valence-electron chi connectivity index (χ1n) is 4.64. The molecular weight excluding hydrogens is 215 g/mol. The molecule has 0 spiro atoms. The second-order valence-corrected chi connectivity index (χ2v) is 3.43. The highest BCUT2D eigenvalue weighted by Crippen LogP contribution is 2.27. The van der Waals surface area contributed by atoms with Crippen LogP contribution in [-0.4, -0.2) is 22.7 Å². The van der Waals surface area contributed by atoms with E-state index in [0.717, 1.165) is 6.07 Å². The lowest BCUT2D eigenvalue weighted by Crippen LogP contribution is -2.21. The fourth-order valence-electron chi connectivity index (χ4n) is 1.37. The Hall–Kier alpha value is -1.66. The van der Waals surface area contributed by atoms with Crippen LogP contribution in [0.4, 0.5) is 4.39 Å². The number of carbonyl (C=O) groups is 1. The molecule has 88 valence electrons. The smallest absolute Gasteiger partial charge is 0.307 e. The lowest BCUT2D eigenvalue weighted by molar-refractivity contribution is -0.136. The first kappa shape index (κ1) is 12.4. The number of nitrogens with two attached hydrogens (primary N) is 2. The van der Waals surface area contributed by atoms with E-state index in [0.29, 0.717) is 0 Å². The number of hydrogen-bond donors (Lipinski definition) is 4. The number of carboxylic acids is 1. The molecule has 0 heterocycles. The molecule has 1 rings (SSSR count). The molecule has 0 saturated carbocycles. The molecule has 0 aromatic heterocycles. The number of aliphatic carboxylic acids is 1. The Morgan fingerprint density at radius 2 is 2.12 bits per heavy atom. The zero-order valence-electron chi connectivity index (χ0n) is 8.48. The molecule has 0 bridgehead atoms. The summed E-state index contributed by atoms with van der Waals surface area (Å²) < 4.78 is 13.2. The Labute approximate surface area is 91.5 Å². The molecule has 6 heteroatoms. The van der Waals surface area contributed by atoms with Crippen LogP contribution in [0.5, 0.6) is 5.75 Å². The van der Waals surface area contributed by atoms with E-state index >= 15 is 0 Å². The molecule has 1 aromatic carbocycles. The van der Waals surface area contributed by atoms with Crippen LogP contribution < -0.4 is 11.5 Å². The van der Waals surface area contributed by atoms with Gasteiger partial charge < -0.3 is 21.7 Å². The normalized spacial score (nSPS) is 12.4. The van der Waals surface area contributed by atoms with Gasteiger partial charge in [-0.25, -0.2) is 4.39 Å². The number of hydrogen-bond acceptors (Lipinski definition) is 4. The summed E-state index contributed by atoms with van der Waals surface area (Å²) in [5.41, 5.74) is 11.2. The summed E-state index contributed by atoms with van der Waals surface area (Å²) in [4.78, 5) is 10.5. The summed E-state index contributed by atoms with van der Waals surface area (Å²) in [5.74, 6) is -2.55. The fourth-order valence-corrected chi connectivity index (χ4v) is 1.37. The summed E-state index contributed by atoms with van der Waals surface area (Å²) in [5, 5.41) is 18.0. The maximum absolute atomic E-state index is 13.2. The van der Waals surface area contributed by atoms with Gasteiger partial charge in [0.05, 0.1) is 6.42 Å². The second-order valence-electron chi connectivity index (χ2n) is 3.43. The van der Waals surface area contributed by atoms with Crippen LogP contribution in [0.2, 0.25) is 0 Å². The summed E-state index contributed by atoms with van der Waals surface area (Å²) >= 11 is 0. The third-order valence-corrected chi connectivity index (χ3v) is 2.16. The number of phenols is 1. The van der Waals surface area contributed by atoms with Crippen LogP contribution >= 0.6 is 0 Å². The van der Waals surface area contributed by atoms with Crippen molar-refractivity contribution in [1.82, 2.24) is 0 Å². The SMILES string of the molecule is NC[C@@H](N)c1cc(CC(=O)O)cc(F)c1O. The monoisotopic (exact) mass is 228 g/mol. The molecule has 1 aromatic rings. The Morgan fingerprint density at radius 3 is 2.62 bits per heavy atom. The van der Waals surface area contributed by atoms with Gasteiger partial charge in [0.1, 0.15) is 0 Å². The van der Waals surface area contributed by atoms with Gasteiger partial charge in [0.15, 0.2) is 11.6 Å².